The molecule has 124 valence electrons. The van der Waals surface area contributed by atoms with Gasteiger partial charge < -0.3 is 14.9 Å². The summed E-state index contributed by atoms with van der Waals surface area (Å²) in [4.78, 5) is 17.6. The Kier molecular flexibility index (Phi) is 6.52. The van der Waals surface area contributed by atoms with Gasteiger partial charge in [0.2, 0.25) is 5.89 Å². The van der Waals surface area contributed by atoms with Gasteiger partial charge in [-0.05, 0) is 24.1 Å². The van der Waals surface area contributed by atoms with Gasteiger partial charge in [0.25, 0.3) is 11.7 Å². The lowest BCUT2D eigenvalue weighted by Crippen LogP contribution is -2.25. The van der Waals surface area contributed by atoms with Crippen molar-refractivity contribution in [2.24, 2.45) is 0 Å². The molecule has 0 fully saturated rings. The zero-order valence-corrected chi connectivity index (χ0v) is 13.6. The van der Waals surface area contributed by atoms with E-state index in [9.17, 15) is 4.79 Å². The molecule has 1 heterocycles. The van der Waals surface area contributed by atoms with Gasteiger partial charge in [-0.1, -0.05) is 28.9 Å². The molecule has 2 aromatic rings. The first-order valence-electron chi connectivity index (χ1n) is 7.24. The molecule has 0 aliphatic heterocycles. The van der Waals surface area contributed by atoms with Crippen LogP contribution in [0.4, 0.5) is 0 Å². The van der Waals surface area contributed by atoms with Crippen LogP contribution in [0.2, 0.25) is 5.02 Å². The van der Waals surface area contributed by atoms with E-state index >= 15 is 0 Å². The third kappa shape index (κ3) is 5.31. The van der Waals surface area contributed by atoms with Crippen molar-refractivity contribution in [3.63, 3.8) is 0 Å². The summed E-state index contributed by atoms with van der Waals surface area (Å²) in [5.41, 5.74) is 1.08. The highest BCUT2D eigenvalue weighted by molar-refractivity contribution is 6.30. The molecule has 0 saturated heterocycles. The summed E-state index contributed by atoms with van der Waals surface area (Å²) >= 11 is 5.89. The molecule has 8 heteroatoms. The molecule has 0 unspecified atom stereocenters. The number of amides is 1. The van der Waals surface area contributed by atoms with Crippen LogP contribution in [-0.2, 0) is 13.1 Å². The van der Waals surface area contributed by atoms with Crippen molar-refractivity contribution in [3.8, 4) is 0 Å². The number of aliphatic hydroxyl groups excluding tert-OH is 1. The fourth-order valence-corrected chi connectivity index (χ4v) is 2.20. The lowest BCUT2D eigenvalue weighted by atomic mass is 10.2. The number of nitrogens with zero attached hydrogens (tertiary/aromatic N) is 3. The van der Waals surface area contributed by atoms with Crippen LogP contribution in [0, 0.1) is 0 Å². The third-order valence-corrected chi connectivity index (χ3v) is 3.46. The number of rotatable bonds is 8. The largest absolute Gasteiger partial charge is 0.396 e. The van der Waals surface area contributed by atoms with Gasteiger partial charge >= 0.3 is 0 Å². The molecule has 1 aromatic heterocycles. The van der Waals surface area contributed by atoms with Crippen LogP contribution < -0.4 is 5.32 Å². The summed E-state index contributed by atoms with van der Waals surface area (Å²) in [7, 11) is 1.51. The average Bonchev–Trinajstić information content (AvgIpc) is 3.02. The van der Waals surface area contributed by atoms with Gasteiger partial charge in [0.05, 0.1) is 6.54 Å². The maximum atomic E-state index is 11.5. The number of aliphatic hydroxyl groups is 1. The first kappa shape index (κ1) is 17.4. The van der Waals surface area contributed by atoms with E-state index in [0.717, 1.165) is 5.56 Å². The first-order chi connectivity index (χ1) is 11.1. The third-order valence-electron chi connectivity index (χ3n) is 3.21. The van der Waals surface area contributed by atoms with Crippen LogP contribution in [0.3, 0.4) is 0 Å². The molecule has 0 bridgehead atoms. The zero-order valence-electron chi connectivity index (χ0n) is 12.8. The second-order valence-corrected chi connectivity index (χ2v) is 5.44. The van der Waals surface area contributed by atoms with E-state index in [2.05, 4.69) is 20.4 Å². The molecule has 0 saturated carbocycles. The van der Waals surface area contributed by atoms with Crippen LogP contribution in [-0.4, -0.2) is 46.3 Å². The van der Waals surface area contributed by atoms with Gasteiger partial charge in [-0.25, -0.2) is 0 Å². The quantitative estimate of drug-likeness (QED) is 0.757. The van der Waals surface area contributed by atoms with E-state index in [4.69, 9.17) is 21.2 Å². The normalized spacial score (nSPS) is 11.0. The highest BCUT2D eigenvalue weighted by Gasteiger charge is 2.16. The number of carbonyl (C=O) groups is 1. The maximum absolute atomic E-state index is 11.5. The van der Waals surface area contributed by atoms with E-state index in [1.54, 1.807) is 0 Å². The summed E-state index contributed by atoms with van der Waals surface area (Å²) in [6.07, 6.45) is 0.629. The van der Waals surface area contributed by atoms with Crippen molar-refractivity contribution in [3.05, 3.63) is 46.6 Å². The van der Waals surface area contributed by atoms with Crippen molar-refractivity contribution in [2.75, 3.05) is 20.2 Å². The minimum absolute atomic E-state index is 0.0103. The molecular weight excluding hydrogens is 320 g/mol. The van der Waals surface area contributed by atoms with E-state index in [-0.39, 0.29) is 18.3 Å². The number of aromatic nitrogens is 2. The molecule has 0 aliphatic carbocycles. The number of hydrogen-bond acceptors (Lipinski definition) is 6. The van der Waals surface area contributed by atoms with Gasteiger partial charge in [0.1, 0.15) is 0 Å². The Labute approximate surface area is 139 Å². The summed E-state index contributed by atoms with van der Waals surface area (Å²) < 4.78 is 5.11. The molecule has 0 spiro atoms. The average molecular weight is 339 g/mol. The Bertz CT molecular complexity index is 630. The Balaban J connectivity index is 2.04. The lowest BCUT2D eigenvalue weighted by Gasteiger charge is -2.20. The first-order valence-corrected chi connectivity index (χ1v) is 7.62. The molecule has 0 atom stereocenters. The molecule has 2 rings (SSSR count). The lowest BCUT2D eigenvalue weighted by molar-refractivity contribution is 0.0950. The topological polar surface area (TPSA) is 91.5 Å². The highest BCUT2D eigenvalue weighted by Crippen LogP contribution is 2.13. The molecule has 1 aromatic carbocycles. The number of halogens is 1. The predicted molar refractivity (Wildman–Crippen MR) is 85.0 cm³/mol. The second kappa shape index (κ2) is 8.61. The molecule has 23 heavy (non-hydrogen) atoms. The highest BCUT2D eigenvalue weighted by atomic mass is 35.5. The van der Waals surface area contributed by atoms with E-state index < -0.39 is 0 Å². The van der Waals surface area contributed by atoms with Crippen LogP contribution in [0.1, 0.15) is 28.5 Å². The van der Waals surface area contributed by atoms with Crippen molar-refractivity contribution in [2.45, 2.75) is 19.5 Å². The molecule has 2 N–H and O–H groups in total. The second-order valence-electron chi connectivity index (χ2n) is 5.01. The minimum atomic E-state index is -0.389. The molecular formula is C15H19ClN4O3. The minimum Gasteiger partial charge on any atom is -0.396 e. The van der Waals surface area contributed by atoms with Crippen LogP contribution in [0.5, 0.6) is 0 Å². The fraction of sp³-hybridized carbons (Fsp3) is 0.400. The standard InChI is InChI=1S/C15H19ClN4O3/c1-17-15(22)14-18-13(23-19-14)10-20(7-2-8-21)9-11-3-5-12(16)6-4-11/h3-6,21H,2,7-10H2,1H3,(H,17,22). The SMILES string of the molecule is CNC(=O)c1noc(CN(CCCO)Cc2ccc(Cl)cc2)n1. The van der Waals surface area contributed by atoms with E-state index in [1.165, 1.54) is 7.05 Å². The van der Waals surface area contributed by atoms with E-state index in [1.807, 2.05) is 24.3 Å². The summed E-state index contributed by atoms with van der Waals surface area (Å²) in [5, 5.41) is 15.8. The fourth-order valence-electron chi connectivity index (χ4n) is 2.07. The maximum Gasteiger partial charge on any atom is 0.292 e. The Morgan fingerprint density at radius 1 is 1.35 bits per heavy atom. The zero-order chi connectivity index (χ0) is 16.7. The van der Waals surface area contributed by atoms with E-state index in [0.29, 0.717) is 37.0 Å². The van der Waals surface area contributed by atoms with Crippen LogP contribution >= 0.6 is 11.6 Å². The Hall–Kier alpha value is -1.96. The predicted octanol–water partition coefficient (Wildman–Crippen LogP) is 1.47. The smallest absolute Gasteiger partial charge is 0.292 e. The van der Waals surface area contributed by atoms with Gasteiger partial charge in [-0.15, -0.1) is 0 Å². The Morgan fingerprint density at radius 2 is 2.09 bits per heavy atom. The van der Waals surface area contributed by atoms with Crippen molar-refractivity contribution in [1.82, 2.24) is 20.4 Å². The van der Waals surface area contributed by atoms with Gasteiger partial charge in [-0.3, -0.25) is 9.69 Å². The van der Waals surface area contributed by atoms with Crippen LogP contribution in [0.15, 0.2) is 28.8 Å². The summed E-state index contributed by atoms with van der Waals surface area (Å²) in [6.45, 7) is 1.81. The number of benzene rings is 1. The number of nitrogens with one attached hydrogen (secondary N) is 1. The van der Waals surface area contributed by atoms with Gasteiger partial charge in [0, 0.05) is 31.8 Å². The number of carbonyl (C=O) groups excluding carboxylic acids is 1. The van der Waals surface area contributed by atoms with Crippen molar-refractivity contribution < 1.29 is 14.4 Å². The van der Waals surface area contributed by atoms with Gasteiger partial charge in [-0.2, -0.15) is 4.98 Å². The van der Waals surface area contributed by atoms with Crippen LogP contribution in [0.25, 0.3) is 0 Å². The molecule has 7 nitrogen and oxygen atoms in total. The van der Waals surface area contributed by atoms with Crippen molar-refractivity contribution in [1.29, 1.82) is 0 Å². The summed E-state index contributed by atoms with van der Waals surface area (Å²) in [6, 6.07) is 7.55. The molecule has 0 radical (unpaired) electrons. The monoisotopic (exact) mass is 338 g/mol. The number of hydrogen-bond donors (Lipinski definition) is 2. The molecule has 1 amide bonds. The Morgan fingerprint density at radius 3 is 2.74 bits per heavy atom. The van der Waals surface area contributed by atoms with Crippen molar-refractivity contribution >= 4 is 17.5 Å². The summed E-state index contributed by atoms with van der Waals surface area (Å²) in [5.74, 6) is -0.0220. The van der Waals surface area contributed by atoms with Gasteiger partial charge in [0.15, 0.2) is 0 Å². The molecule has 0 aliphatic rings.